The molecule has 0 radical (unpaired) electrons. The molecular weight excluding hydrogens is 364 g/mol. The average Bonchev–Trinajstić information content (AvgIpc) is 2.66. The Morgan fingerprint density at radius 2 is 1.54 bits per heavy atom. The van der Waals surface area contributed by atoms with Crippen LogP contribution in [-0.2, 0) is 0 Å². The number of carbonyl (C=O) groups excluding carboxylic acids is 2. The predicted molar refractivity (Wildman–Crippen MR) is 99.5 cm³/mol. The van der Waals surface area contributed by atoms with Gasteiger partial charge in [0.2, 0.25) is 5.78 Å². The van der Waals surface area contributed by atoms with Crippen LogP contribution in [0.15, 0.2) is 54.6 Å². The molecule has 0 heterocycles. The van der Waals surface area contributed by atoms with E-state index >= 15 is 0 Å². The SMILES string of the molecule is O=C1c2cccc(O)c2C(=O)c2c1cc(O)c([N+](=O)[O-])c2Nc1ccccc1. The number of nitro groups is 1. The maximum atomic E-state index is 13.1. The number of nitro benzene ring substituents is 1. The fourth-order valence-corrected chi connectivity index (χ4v) is 3.28. The first-order valence-corrected chi connectivity index (χ1v) is 8.18. The standard InChI is InChI=1S/C20H12N2O6/c23-13-8-4-7-11-15(13)20(26)16-12(19(11)25)9-14(24)18(22(27)28)17(16)21-10-5-2-1-3-6-10/h1-9,21,23-24H. The number of para-hydroxylation sites is 1. The summed E-state index contributed by atoms with van der Waals surface area (Å²) < 4.78 is 0. The summed E-state index contributed by atoms with van der Waals surface area (Å²) in [7, 11) is 0. The third kappa shape index (κ3) is 2.47. The maximum absolute atomic E-state index is 13.1. The van der Waals surface area contributed by atoms with E-state index in [1.54, 1.807) is 30.3 Å². The molecule has 0 amide bonds. The van der Waals surface area contributed by atoms with Crippen LogP contribution in [0.1, 0.15) is 31.8 Å². The molecular formula is C20H12N2O6. The van der Waals surface area contributed by atoms with E-state index in [4.69, 9.17) is 0 Å². The van der Waals surface area contributed by atoms with Gasteiger partial charge in [-0.05, 0) is 24.3 Å². The van der Waals surface area contributed by atoms with E-state index in [9.17, 15) is 29.9 Å². The van der Waals surface area contributed by atoms with E-state index in [2.05, 4.69) is 5.32 Å². The molecule has 0 fully saturated rings. The molecule has 4 rings (SSSR count). The Hall–Kier alpha value is -4.20. The van der Waals surface area contributed by atoms with Crippen LogP contribution in [0.3, 0.4) is 0 Å². The topological polar surface area (TPSA) is 130 Å². The molecule has 138 valence electrons. The van der Waals surface area contributed by atoms with E-state index in [0.717, 1.165) is 6.07 Å². The van der Waals surface area contributed by atoms with E-state index in [1.807, 2.05) is 0 Å². The Morgan fingerprint density at radius 1 is 0.821 bits per heavy atom. The second-order valence-corrected chi connectivity index (χ2v) is 6.15. The van der Waals surface area contributed by atoms with Gasteiger partial charge in [0.25, 0.3) is 0 Å². The fourth-order valence-electron chi connectivity index (χ4n) is 3.28. The molecule has 28 heavy (non-hydrogen) atoms. The van der Waals surface area contributed by atoms with Crippen LogP contribution >= 0.6 is 0 Å². The van der Waals surface area contributed by atoms with Crippen molar-refractivity contribution in [2.75, 3.05) is 5.32 Å². The van der Waals surface area contributed by atoms with Crippen molar-refractivity contribution in [3.05, 3.63) is 87.0 Å². The van der Waals surface area contributed by atoms with Crippen LogP contribution in [0.4, 0.5) is 17.1 Å². The second kappa shape index (κ2) is 6.20. The van der Waals surface area contributed by atoms with E-state index in [0.29, 0.717) is 5.69 Å². The number of nitrogens with zero attached hydrogens (tertiary/aromatic N) is 1. The van der Waals surface area contributed by atoms with Gasteiger partial charge in [-0.2, -0.15) is 0 Å². The number of phenolic OH excluding ortho intramolecular Hbond substituents is 2. The van der Waals surface area contributed by atoms with Crippen LogP contribution in [0.2, 0.25) is 0 Å². The highest BCUT2D eigenvalue weighted by atomic mass is 16.6. The van der Waals surface area contributed by atoms with Crippen LogP contribution in [-0.4, -0.2) is 26.7 Å². The molecule has 0 saturated heterocycles. The van der Waals surface area contributed by atoms with E-state index in [-0.39, 0.29) is 27.9 Å². The number of ketones is 2. The molecule has 0 bridgehead atoms. The minimum Gasteiger partial charge on any atom is -0.507 e. The molecule has 8 nitrogen and oxygen atoms in total. The van der Waals surface area contributed by atoms with Crippen molar-refractivity contribution in [2.24, 2.45) is 0 Å². The average molecular weight is 376 g/mol. The summed E-state index contributed by atoms with van der Waals surface area (Å²) in [6, 6.07) is 13.3. The number of fused-ring (bicyclic) bond motifs is 2. The Kier molecular flexibility index (Phi) is 3.82. The molecule has 0 unspecified atom stereocenters. The number of anilines is 2. The van der Waals surface area contributed by atoms with Crippen LogP contribution in [0.25, 0.3) is 0 Å². The third-order valence-electron chi connectivity index (χ3n) is 4.49. The summed E-state index contributed by atoms with van der Waals surface area (Å²) in [5, 5.41) is 34.7. The Morgan fingerprint density at radius 3 is 2.21 bits per heavy atom. The molecule has 0 saturated carbocycles. The van der Waals surface area contributed by atoms with Gasteiger partial charge in [0.15, 0.2) is 11.5 Å². The number of hydrogen-bond donors (Lipinski definition) is 3. The van der Waals surface area contributed by atoms with Gasteiger partial charge in [-0.3, -0.25) is 19.7 Å². The minimum atomic E-state index is -0.834. The molecule has 0 aliphatic heterocycles. The summed E-state index contributed by atoms with van der Waals surface area (Å²) >= 11 is 0. The Bertz CT molecular complexity index is 1170. The van der Waals surface area contributed by atoms with Gasteiger partial charge in [-0.1, -0.05) is 30.3 Å². The molecule has 3 aromatic rings. The lowest BCUT2D eigenvalue weighted by molar-refractivity contribution is -0.384. The van der Waals surface area contributed by atoms with Crippen LogP contribution in [0.5, 0.6) is 11.5 Å². The molecule has 3 N–H and O–H groups in total. The number of rotatable bonds is 3. The van der Waals surface area contributed by atoms with Gasteiger partial charge < -0.3 is 15.5 Å². The highest BCUT2D eigenvalue weighted by Gasteiger charge is 2.39. The first-order valence-electron chi connectivity index (χ1n) is 8.18. The van der Waals surface area contributed by atoms with Gasteiger partial charge in [-0.25, -0.2) is 0 Å². The molecule has 0 spiro atoms. The lowest BCUT2D eigenvalue weighted by Gasteiger charge is -2.22. The zero-order valence-electron chi connectivity index (χ0n) is 14.2. The van der Waals surface area contributed by atoms with Crippen molar-refractivity contribution in [3.8, 4) is 11.5 Å². The second-order valence-electron chi connectivity index (χ2n) is 6.15. The summed E-state index contributed by atoms with van der Waals surface area (Å²) in [5.74, 6) is -2.51. The van der Waals surface area contributed by atoms with Crippen molar-refractivity contribution in [1.82, 2.24) is 0 Å². The van der Waals surface area contributed by atoms with Crippen molar-refractivity contribution in [2.45, 2.75) is 0 Å². The van der Waals surface area contributed by atoms with Gasteiger partial charge in [0.1, 0.15) is 11.4 Å². The van der Waals surface area contributed by atoms with Crippen molar-refractivity contribution < 1.29 is 24.7 Å². The fraction of sp³-hybridized carbons (Fsp3) is 0. The van der Waals surface area contributed by atoms with E-state index < -0.39 is 33.7 Å². The summed E-state index contributed by atoms with van der Waals surface area (Å²) in [6.07, 6.45) is 0. The minimum absolute atomic E-state index is 0.0311. The van der Waals surface area contributed by atoms with Gasteiger partial charge in [-0.15, -0.1) is 0 Å². The number of hydrogen-bond acceptors (Lipinski definition) is 7. The van der Waals surface area contributed by atoms with Crippen LogP contribution < -0.4 is 5.32 Å². The van der Waals surface area contributed by atoms with Gasteiger partial charge in [0.05, 0.1) is 16.1 Å². The number of benzene rings is 3. The zero-order valence-corrected chi connectivity index (χ0v) is 14.2. The van der Waals surface area contributed by atoms with Crippen molar-refractivity contribution >= 4 is 28.6 Å². The smallest absolute Gasteiger partial charge is 0.334 e. The Labute approximate surface area is 157 Å². The van der Waals surface area contributed by atoms with Crippen molar-refractivity contribution in [1.29, 1.82) is 0 Å². The number of nitrogens with one attached hydrogen (secondary N) is 1. The largest absolute Gasteiger partial charge is 0.507 e. The van der Waals surface area contributed by atoms with E-state index in [1.165, 1.54) is 18.2 Å². The highest BCUT2D eigenvalue weighted by Crippen LogP contribution is 2.45. The predicted octanol–water partition coefficient (Wildman–Crippen LogP) is 3.53. The first kappa shape index (κ1) is 17.2. The quantitative estimate of drug-likeness (QED) is 0.368. The third-order valence-corrected chi connectivity index (χ3v) is 4.49. The summed E-state index contributed by atoms with van der Waals surface area (Å²) in [5.41, 5.74) is -1.33. The number of aromatic hydroxyl groups is 2. The monoisotopic (exact) mass is 376 g/mol. The molecule has 0 atom stereocenters. The number of carbonyl (C=O) groups is 2. The van der Waals surface area contributed by atoms with Crippen molar-refractivity contribution in [3.63, 3.8) is 0 Å². The lowest BCUT2D eigenvalue weighted by Crippen LogP contribution is -2.23. The van der Waals surface area contributed by atoms with Gasteiger partial charge in [0, 0.05) is 16.8 Å². The Balaban J connectivity index is 2.04. The molecule has 1 aliphatic rings. The van der Waals surface area contributed by atoms with Crippen LogP contribution in [0, 0.1) is 10.1 Å². The number of phenols is 2. The first-order chi connectivity index (χ1) is 13.4. The normalized spacial score (nSPS) is 12.3. The maximum Gasteiger partial charge on any atom is 0.334 e. The zero-order chi connectivity index (χ0) is 20.0. The molecule has 1 aliphatic carbocycles. The molecule has 0 aromatic heterocycles. The van der Waals surface area contributed by atoms with Gasteiger partial charge >= 0.3 is 5.69 Å². The molecule has 8 heteroatoms. The highest BCUT2D eigenvalue weighted by molar-refractivity contribution is 6.32. The lowest BCUT2D eigenvalue weighted by atomic mass is 9.82. The molecule has 3 aromatic carbocycles. The summed E-state index contributed by atoms with van der Waals surface area (Å²) in [4.78, 5) is 36.7. The summed E-state index contributed by atoms with van der Waals surface area (Å²) in [6.45, 7) is 0.